The lowest BCUT2D eigenvalue weighted by Gasteiger charge is -2.10. The number of benzene rings is 1. The molecule has 0 aliphatic heterocycles. The Bertz CT molecular complexity index is 417. The molecule has 0 fully saturated rings. The number of carbonyl (C=O) groups excluding carboxylic acids is 1. The van der Waals surface area contributed by atoms with Crippen LogP contribution < -0.4 is 15.6 Å². The number of hydrogen-bond acceptors (Lipinski definition) is 5. The number of halogens is 1. The first-order chi connectivity index (χ1) is 9.08. The highest BCUT2D eigenvalue weighted by molar-refractivity contribution is 5.75. The van der Waals surface area contributed by atoms with Crippen LogP contribution in [0.2, 0.25) is 0 Å². The van der Waals surface area contributed by atoms with Crippen LogP contribution in [0.25, 0.3) is 0 Å². The molecule has 0 aliphatic rings. The Balaban J connectivity index is 2.53. The average molecular weight is 272 g/mol. The van der Waals surface area contributed by atoms with E-state index in [-0.39, 0.29) is 41.9 Å². The molecule has 0 aliphatic carbocycles. The molecule has 7 heteroatoms. The number of phenolic OH excluding ortho intramolecular Hbond substituents is 2. The molecule has 0 unspecified atom stereocenters. The highest BCUT2D eigenvalue weighted by Gasteiger charge is 2.10. The molecule has 0 aromatic heterocycles. The molecule has 1 aromatic rings. The summed E-state index contributed by atoms with van der Waals surface area (Å²) in [4.78, 5) is 11.0. The summed E-state index contributed by atoms with van der Waals surface area (Å²) in [6.07, 6.45) is 0.841. The van der Waals surface area contributed by atoms with Gasteiger partial charge < -0.3 is 20.3 Å². The van der Waals surface area contributed by atoms with Crippen LogP contribution in [0.1, 0.15) is 18.4 Å². The zero-order chi connectivity index (χ0) is 14.3. The molecule has 1 rings (SSSR count). The topological polar surface area (TPSA) is 90.8 Å². The smallest absolute Gasteiger partial charge is 0.219 e. The van der Waals surface area contributed by atoms with Crippen LogP contribution in [0.15, 0.2) is 12.1 Å². The summed E-state index contributed by atoms with van der Waals surface area (Å²) in [7, 11) is 1.55. The lowest BCUT2D eigenvalue weighted by molar-refractivity contribution is -0.120. The first-order valence-corrected chi connectivity index (χ1v) is 5.80. The standard InChI is InChI=1S/C12H17FN2O4/c1-14-12(18)3-2-4-19-8-5-10(16)9(7-15-13)11(17)6-8/h5-6,15-17H,2-4,7H2,1H3,(H,14,18). The van der Waals surface area contributed by atoms with Gasteiger partial charge in [-0.3, -0.25) is 4.79 Å². The van der Waals surface area contributed by atoms with Crippen molar-refractivity contribution in [1.29, 1.82) is 0 Å². The molecule has 0 heterocycles. The maximum Gasteiger partial charge on any atom is 0.219 e. The van der Waals surface area contributed by atoms with Gasteiger partial charge in [-0.05, 0) is 6.42 Å². The Morgan fingerprint density at radius 2 is 2.00 bits per heavy atom. The van der Waals surface area contributed by atoms with Crippen LogP contribution in [0.5, 0.6) is 17.2 Å². The van der Waals surface area contributed by atoms with Crippen molar-refractivity contribution in [3.63, 3.8) is 0 Å². The number of ether oxygens (including phenoxy) is 1. The molecule has 0 spiro atoms. The summed E-state index contributed by atoms with van der Waals surface area (Å²) in [6, 6.07) is 2.57. The Kier molecular flexibility index (Phi) is 5.87. The normalized spacial score (nSPS) is 10.2. The molecule has 1 amide bonds. The molecule has 6 nitrogen and oxygen atoms in total. The molecule has 0 bridgehead atoms. The van der Waals surface area contributed by atoms with Gasteiger partial charge in [0.25, 0.3) is 0 Å². The third kappa shape index (κ3) is 4.63. The molecule has 1 aromatic carbocycles. The average Bonchev–Trinajstić information content (AvgIpc) is 2.38. The first kappa shape index (κ1) is 15.0. The van der Waals surface area contributed by atoms with Crippen LogP contribution in [-0.2, 0) is 11.3 Å². The van der Waals surface area contributed by atoms with Crippen molar-refractivity contribution in [2.75, 3.05) is 13.7 Å². The summed E-state index contributed by atoms with van der Waals surface area (Å²) >= 11 is 0. The fraction of sp³-hybridized carbons (Fsp3) is 0.417. The molecule has 0 saturated heterocycles. The van der Waals surface area contributed by atoms with Gasteiger partial charge in [-0.25, -0.2) is 0 Å². The van der Waals surface area contributed by atoms with Gasteiger partial charge in [0.15, 0.2) is 0 Å². The number of aromatic hydroxyl groups is 2. The molecule has 19 heavy (non-hydrogen) atoms. The summed E-state index contributed by atoms with van der Waals surface area (Å²) in [5.41, 5.74) is 1.41. The van der Waals surface area contributed by atoms with Crippen LogP contribution in [0.3, 0.4) is 0 Å². The third-order valence-corrected chi connectivity index (χ3v) is 2.52. The fourth-order valence-electron chi connectivity index (χ4n) is 1.50. The fourth-order valence-corrected chi connectivity index (χ4v) is 1.50. The molecule has 106 valence electrons. The van der Waals surface area contributed by atoms with Gasteiger partial charge >= 0.3 is 0 Å². The van der Waals surface area contributed by atoms with Crippen molar-refractivity contribution in [2.24, 2.45) is 0 Å². The Morgan fingerprint density at radius 3 is 2.53 bits per heavy atom. The Hall–Kier alpha value is -2.02. The largest absolute Gasteiger partial charge is 0.507 e. The molecule has 0 atom stereocenters. The van der Waals surface area contributed by atoms with Crippen molar-refractivity contribution < 1.29 is 24.2 Å². The number of amides is 1. The van der Waals surface area contributed by atoms with Crippen molar-refractivity contribution in [1.82, 2.24) is 10.9 Å². The predicted octanol–water partition coefficient (Wildman–Crippen LogP) is 0.977. The van der Waals surface area contributed by atoms with E-state index in [1.807, 2.05) is 0 Å². The van der Waals surface area contributed by atoms with Crippen molar-refractivity contribution in [3.8, 4) is 17.2 Å². The Morgan fingerprint density at radius 1 is 1.37 bits per heavy atom. The SMILES string of the molecule is CNC(=O)CCCOc1cc(O)c(CNF)c(O)c1. The maximum absolute atomic E-state index is 12.0. The van der Waals surface area contributed by atoms with E-state index in [1.54, 1.807) is 7.05 Å². The van der Waals surface area contributed by atoms with E-state index >= 15 is 0 Å². The zero-order valence-electron chi connectivity index (χ0n) is 10.6. The van der Waals surface area contributed by atoms with Gasteiger partial charge in [-0.1, -0.05) is 0 Å². The second-order valence-corrected chi connectivity index (χ2v) is 3.88. The van der Waals surface area contributed by atoms with Crippen LogP contribution >= 0.6 is 0 Å². The third-order valence-electron chi connectivity index (χ3n) is 2.52. The van der Waals surface area contributed by atoms with Crippen LogP contribution in [0.4, 0.5) is 4.48 Å². The van der Waals surface area contributed by atoms with E-state index in [0.29, 0.717) is 12.8 Å². The number of carbonyl (C=O) groups is 1. The second-order valence-electron chi connectivity index (χ2n) is 3.88. The van der Waals surface area contributed by atoms with E-state index in [2.05, 4.69) is 5.32 Å². The van der Waals surface area contributed by atoms with Crippen molar-refractivity contribution >= 4 is 5.91 Å². The zero-order valence-corrected chi connectivity index (χ0v) is 10.6. The minimum absolute atomic E-state index is 0.0558. The number of phenols is 2. The van der Waals surface area contributed by atoms with E-state index in [4.69, 9.17) is 4.74 Å². The van der Waals surface area contributed by atoms with E-state index in [0.717, 1.165) is 0 Å². The minimum Gasteiger partial charge on any atom is -0.507 e. The van der Waals surface area contributed by atoms with E-state index < -0.39 is 0 Å². The summed E-state index contributed by atoms with van der Waals surface area (Å²) in [5, 5.41) is 21.6. The monoisotopic (exact) mass is 272 g/mol. The summed E-state index contributed by atoms with van der Waals surface area (Å²) in [6.45, 7) is -0.0262. The maximum atomic E-state index is 12.0. The lowest BCUT2D eigenvalue weighted by atomic mass is 10.1. The molecule has 0 saturated carbocycles. The quantitative estimate of drug-likeness (QED) is 0.439. The van der Waals surface area contributed by atoms with Gasteiger partial charge in [-0.15, -0.1) is 4.48 Å². The van der Waals surface area contributed by atoms with Gasteiger partial charge in [0.05, 0.1) is 18.7 Å². The van der Waals surface area contributed by atoms with E-state index in [9.17, 15) is 19.5 Å². The van der Waals surface area contributed by atoms with Gasteiger partial charge in [0.2, 0.25) is 5.91 Å². The van der Waals surface area contributed by atoms with Crippen molar-refractivity contribution in [2.45, 2.75) is 19.4 Å². The number of hydrogen-bond donors (Lipinski definition) is 4. The molecule has 4 N–H and O–H groups in total. The van der Waals surface area contributed by atoms with Gasteiger partial charge in [0.1, 0.15) is 17.2 Å². The molecular weight excluding hydrogens is 255 g/mol. The molecular formula is C12H17FN2O4. The molecule has 0 radical (unpaired) electrons. The lowest BCUT2D eigenvalue weighted by Crippen LogP contribution is -2.18. The predicted molar refractivity (Wildman–Crippen MR) is 66.5 cm³/mol. The first-order valence-electron chi connectivity index (χ1n) is 5.80. The number of nitrogens with one attached hydrogen (secondary N) is 2. The van der Waals surface area contributed by atoms with Crippen molar-refractivity contribution in [3.05, 3.63) is 17.7 Å². The van der Waals surface area contributed by atoms with E-state index in [1.165, 1.54) is 17.7 Å². The van der Waals surface area contributed by atoms with Crippen LogP contribution in [0, 0.1) is 0 Å². The van der Waals surface area contributed by atoms with Crippen LogP contribution in [-0.4, -0.2) is 29.8 Å². The number of rotatable bonds is 7. The summed E-state index contributed by atoms with van der Waals surface area (Å²) in [5.74, 6) is -0.342. The van der Waals surface area contributed by atoms with Gasteiger partial charge in [-0.2, -0.15) is 5.54 Å². The second kappa shape index (κ2) is 7.42. The van der Waals surface area contributed by atoms with Gasteiger partial charge in [0, 0.05) is 25.6 Å². The minimum atomic E-state index is -0.297. The highest BCUT2D eigenvalue weighted by Crippen LogP contribution is 2.32. The highest BCUT2D eigenvalue weighted by atomic mass is 19.2. The Labute approximate surface area is 110 Å². The summed E-state index contributed by atoms with van der Waals surface area (Å²) < 4.78 is 17.2.